The minimum absolute atomic E-state index is 0.0322. The van der Waals surface area contributed by atoms with Gasteiger partial charge in [0.15, 0.2) is 0 Å². The minimum Gasteiger partial charge on any atom is -0.465 e. The molecule has 2 unspecified atom stereocenters. The second kappa shape index (κ2) is 3.59. The fourth-order valence-corrected chi connectivity index (χ4v) is 5.60. The van der Waals surface area contributed by atoms with Gasteiger partial charge in [0.1, 0.15) is 0 Å². The van der Waals surface area contributed by atoms with Crippen LogP contribution in [0, 0.1) is 0 Å². The molecule has 1 aromatic rings. The summed E-state index contributed by atoms with van der Waals surface area (Å²) in [4.78, 5) is 13.3. The summed E-state index contributed by atoms with van der Waals surface area (Å²) in [6.45, 7) is 2.03. The number of benzene rings is 1. The zero-order chi connectivity index (χ0) is 13.1. The van der Waals surface area contributed by atoms with Crippen molar-refractivity contribution in [3.05, 3.63) is 28.2 Å². The number of methoxy groups -OCH3 is 1. The number of hydrogen-bond donors (Lipinski definition) is 1. The highest BCUT2D eigenvalue weighted by atomic mass is 79.9. The highest BCUT2D eigenvalue weighted by Crippen LogP contribution is 2.45. The molecule has 0 radical (unpaired) electrons. The number of rotatable bonds is 2. The molecule has 1 aromatic carbocycles. The van der Waals surface area contributed by atoms with Crippen molar-refractivity contribution in [1.82, 2.24) is 4.72 Å². The predicted octanol–water partition coefficient (Wildman–Crippen LogP) is 1.73. The fourth-order valence-electron chi connectivity index (χ4n) is 2.27. The van der Waals surface area contributed by atoms with Crippen LogP contribution in [0.4, 0.5) is 0 Å². The third-order valence-electron chi connectivity index (χ3n) is 3.40. The van der Waals surface area contributed by atoms with Gasteiger partial charge in [-0.05, 0) is 41.1 Å². The highest BCUT2D eigenvalue weighted by Gasteiger charge is 2.59. The SMILES string of the molecule is COC(=O)c1cc(S2(=O)=C3CC3(C)N2)ccc1Br. The van der Waals surface area contributed by atoms with Crippen LogP contribution in [0.2, 0.25) is 0 Å². The lowest BCUT2D eigenvalue weighted by atomic mass is 10.2. The van der Waals surface area contributed by atoms with Crippen LogP contribution in [0.15, 0.2) is 27.6 Å². The molecule has 0 bridgehead atoms. The van der Waals surface area contributed by atoms with E-state index in [2.05, 4.69) is 20.7 Å². The molecule has 1 heterocycles. The Morgan fingerprint density at radius 2 is 2.28 bits per heavy atom. The van der Waals surface area contributed by atoms with Crippen molar-refractivity contribution in [1.29, 1.82) is 0 Å². The summed E-state index contributed by atoms with van der Waals surface area (Å²) in [5, 5.41) is 0. The summed E-state index contributed by atoms with van der Waals surface area (Å²) >= 11 is 3.29. The van der Waals surface area contributed by atoms with Crippen LogP contribution in [0.25, 0.3) is 0 Å². The summed E-state index contributed by atoms with van der Waals surface area (Å²) in [5.41, 5.74) is 0.365. The molecule has 1 aliphatic heterocycles. The second-order valence-corrected chi connectivity index (χ2v) is 7.86. The van der Waals surface area contributed by atoms with Gasteiger partial charge >= 0.3 is 5.97 Å². The van der Waals surface area contributed by atoms with Gasteiger partial charge < -0.3 is 4.74 Å². The molecule has 1 aliphatic carbocycles. The molecule has 96 valence electrons. The third kappa shape index (κ3) is 1.49. The summed E-state index contributed by atoms with van der Waals surface area (Å²) in [5.74, 6) is -0.436. The molecule has 3 rings (SSSR count). The normalized spacial score (nSPS) is 32.5. The number of carbonyl (C=O) groups excluding carboxylic acids is 1. The van der Waals surface area contributed by atoms with E-state index in [9.17, 15) is 9.00 Å². The van der Waals surface area contributed by atoms with Crippen LogP contribution < -0.4 is 4.72 Å². The van der Waals surface area contributed by atoms with Crippen LogP contribution in [0.1, 0.15) is 23.7 Å². The van der Waals surface area contributed by atoms with Gasteiger partial charge in [-0.3, -0.25) is 0 Å². The van der Waals surface area contributed by atoms with Crippen molar-refractivity contribution >= 4 is 36.5 Å². The quantitative estimate of drug-likeness (QED) is 0.664. The average molecular weight is 330 g/mol. The summed E-state index contributed by atoms with van der Waals surface area (Å²) in [6.07, 6.45) is 0.857. The van der Waals surface area contributed by atoms with Gasteiger partial charge in [-0.25, -0.2) is 13.7 Å². The zero-order valence-corrected chi connectivity index (χ0v) is 12.4. The van der Waals surface area contributed by atoms with E-state index in [1.807, 2.05) is 6.92 Å². The number of halogens is 1. The zero-order valence-electron chi connectivity index (χ0n) is 9.95. The van der Waals surface area contributed by atoms with Crippen LogP contribution >= 0.6 is 15.9 Å². The largest absolute Gasteiger partial charge is 0.465 e. The molecular formula is C12H12BrNO3S. The van der Waals surface area contributed by atoms with Crippen LogP contribution in [0.5, 0.6) is 0 Å². The predicted molar refractivity (Wildman–Crippen MR) is 73.1 cm³/mol. The van der Waals surface area contributed by atoms with Crippen LogP contribution in [-0.4, -0.2) is 27.7 Å². The third-order valence-corrected chi connectivity index (χ3v) is 7.03. The molecule has 0 spiro atoms. The first kappa shape index (κ1) is 12.2. The standard InChI is InChI=1S/C12H12BrNO3S/c1-12-6-10(12)18(16,14-12)7-3-4-9(13)8(5-7)11(15)17-2/h3-5H,6H2,1-2H3,(H,14,16). The van der Waals surface area contributed by atoms with E-state index in [-0.39, 0.29) is 5.54 Å². The first-order valence-corrected chi connectivity index (χ1v) is 7.83. The van der Waals surface area contributed by atoms with E-state index in [0.29, 0.717) is 14.9 Å². The Hall–Kier alpha value is -0.850. The van der Waals surface area contributed by atoms with E-state index in [1.165, 1.54) is 7.11 Å². The van der Waals surface area contributed by atoms with Gasteiger partial charge in [0, 0.05) is 20.7 Å². The van der Waals surface area contributed by atoms with Gasteiger partial charge in [0.05, 0.1) is 27.9 Å². The topological polar surface area (TPSA) is 55.4 Å². The molecule has 1 N–H and O–H groups in total. The Labute approximate surface area is 114 Å². The lowest BCUT2D eigenvalue weighted by molar-refractivity contribution is 0.0599. The molecule has 1 fully saturated rings. The van der Waals surface area contributed by atoms with Crippen molar-refractivity contribution in [3.63, 3.8) is 0 Å². The summed E-state index contributed by atoms with van der Waals surface area (Å²) in [6, 6.07) is 5.14. The van der Waals surface area contributed by atoms with E-state index < -0.39 is 15.7 Å². The second-order valence-electron chi connectivity index (χ2n) is 4.72. The Balaban J connectivity index is 2.12. The molecule has 6 heteroatoms. The molecule has 0 saturated heterocycles. The summed E-state index contributed by atoms with van der Waals surface area (Å²) in [7, 11) is -0.945. The Bertz CT molecular complexity index is 691. The van der Waals surface area contributed by atoms with Crippen molar-refractivity contribution < 1.29 is 13.7 Å². The first-order chi connectivity index (χ1) is 8.40. The van der Waals surface area contributed by atoms with Gasteiger partial charge in [-0.15, -0.1) is 0 Å². The molecular weight excluding hydrogens is 318 g/mol. The van der Waals surface area contributed by atoms with E-state index in [4.69, 9.17) is 4.74 Å². The maximum atomic E-state index is 12.7. The van der Waals surface area contributed by atoms with Gasteiger partial charge in [-0.1, -0.05) is 0 Å². The van der Waals surface area contributed by atoms with Crippen molar-refractivity contribution in [2.45, 2.75) is 23.8 Å². The first-order valence-electron chi connectivity index (χ1n) is 5.48. The molecule has 0 amide bonds. The average Bonchev–Trinajstić information content (AvgIpc) is 2.93. The fraction of sp³-hybridized carbons (Fsp3) is 0.333. The van der Waals surface area contributed by atoms with Crippen LogP contribution in [0.3, 0.4) is 0 Å². The lowest BCUT2D eigenvalue weighted by Crippen LogP contribution is -2.47. The van der Waals surface area contributed by atoms with Gasteiger partial charge in [-0.2, -0.15) is 0 Å². The van der Waals surface area contributed by atoms with E-state index >= 15 is 0 Å². The number of hydrogen-bond acceptors (Lipinski definition) is 3. The van der Waals surface area contributed by atoms with Crippen molar-refractivity contribution in [3.8, 4) is 0 Å². The molecule has 0 aromatic heterocycles. The Morgan fingerprint density at radius 3 is 2.78 bits per heavy atom. The monoisotopic (exact) mass is 329 g/mol. The number of fused-ring (bicyclic) bond motifs is 1. The molecule has 4 nitrogen and oxygen atoms in total. The number of nitrogens with one attached hydrogen (secondary N) is 1. The van der Waals surface area contributed by atoms with Crippen molar-refractivity contribution in [2.75, 3.05) is 7.11 Å². The smallest absolute Gasteiger partial charge is 0.339 e. The van der Waals surface area contributed by atoms with Gasteiger partial charge in [0.25, 0.3) is 0 Å². The number of carbonyl (C=O) groups is 1. The molecule has 2 aliphatic rings. The van der Waals surface area contributed by atoms with Crippen LogP contribution in [-0.2, 0) is 14.4 Å². The lowest BCUT2D eigenvalue weighted by Gasteiger charge is -2.26. The Morgan fingerprint density at radius 1 is 1.56 bits per heavy atom. The number of ether oxygens (including phenoxy) is 1. The number of esters is 1. The maximum Gasteiger partial charge on any atom is 0.339 e. The highest BCUT2D eigenvalue weighted by molar-refractivity contribution is 9.10. The Kier molecular flexibility index (Phi) is 2.43. The molecule has 1 saturated carbocycles. The van der Waals surface area contributed by atoms with Gasteiger partial charge in [0.2, 0.25) is 0 Å². The minimum atomic E-state index is -2.27. The van der Waals surface area contributed by atoms with E-state index in [1.54, 1.807) is 18.2 Å². The molecule has 18 heavy (non-hydrogen) atoms. The maximum absolute atomic E-state index is 12.7. The summed E-state index contributed by atoms with van der Waals surface area (Å²) < 4.78 is 21.1. The molecule has 2 atom stereocenters. The van der Waals surface area contributed by atoms with Crippen molar-refractivity contribution in [2.24, 2.45) is 0 Å². The van der Waals surface area contributed by atoms with E-state index in [0.717, 1.165) is 11.3 Å².